The second-order valence-corrected chi connectivity index (χ2v) is 9.67. The SMILES string of the molecule is CC(=O)N1CCC(C(=O)Nc2cccc(Oc3ccc4c(C=Cc5ccc(Cl)cc5)c[nH]c4c3)c2)CC1. The van der Waals surface area contributed by atoms with Gasteiger partial charge in [0.15, 0.2) is 0 Å². The van der Waals surface area contributed by atoms with Crippen LogP contribution in [0.4, 0.5) is 5.69 Å². The van der Waals surface area contributed by atoms with Crippen LogP contribution in [0.3, 0.4) is 0 Å². The Hall–Kier alpha value is -4.03. The molecular formula is C30H28ClN3O3. The molecule has 6 nitrogen and oxygen atoms in total. The van der Waals surface area contributed by atoms with Crippen molar-refractivity contribution in [3.05, 3.63) is 89.1 Å². The highest BCUT2D eigenvalue weighted by molar-refractivity contribution is 6.30. The van der Waals surface area contributed by atoms with Gasteiger partial charge in [-0.25, -0.2) is 0 Å². The van der Waals surface area contributed by atoms with Crippen molar-refractivity contribution in [2.45, 2.75) is 19.8 Å². The molecule has 7 heteroatoms. The zero-order chi connectivity index (χ0) is 25.8. The molecule has 1 aromatic heterocycles. The number of aromatic amines is 1. The summed E-state index contributed by atoms with van der Waals surface area (Å²) in [5, 5.41) is 4.81. The second-order valence-electron chi connectivity index (χ2n) is 9.24. The molecule has 0 radical (unpaired) electrons. The van der Waals surface area contributed by atoms with Gasteiger partial charge < -0.3 is 19.9 Å². The Kier molecular flexibility index (Phi) is 7.28. The normalized spacial score (nSPS) is 14.3. The quantitative estimate of drug-likeness (QED) is 0.292. The van der Waals surface area contributed by atoms with E-state index in [4.69, 9.17) is 16.3 Å². The monoisotopic (exact) mass is 513 g/mol. The lowest BCUT2D eigenvalue weighted by Gasteiger charge is -2.30. The van der Waals surface area contributed by atoms with Crippen LogP contribution in [0.2, 0.25) is 5.02 Å². The summed E-state index contributed by atoms with van der Waals surface area (Å²) in [7, 11) is 0. The molecule has 0 saturated carbocycles. The Bertz CT molecular complexity index is 1450. The van der Waals surface area contributed by atoms with Gasteiger partial charge in [0, 0.05) is 65.9 Å². The first kappa shape index (κ1) is 24.7. The Morgan fingerprint density at radius 3 is 2.51 bits per heavy atom. The molecule has 37 heavy (non-hydrogen) atoms. The van der Waals surface area contributed by atoms with E-state index in [1.807, 2.05) is 72.9 Å². The molecule has 3 aromatic carbocycles. The molecule has 2 heterocycles. The van der Waals surface area contributed by atoms with Gasteiger partial charge in [0.25, 0.3) is 0 Å². The number of nitrogens with one attached hydrogen (secondary N) is 2. The number of H-pyrrole nitrogens is 1. The topological polar surface area (TPSA) is 74.4 Å². The molecule has 0 bridgehead atoms. The summed E-state index contributed by atoms with van der Waals surface area (Å²) in [5.41, 5.74) is 3.81. The number of carbonyl (C=O) groups excluding carboxylic acids is 2. The molecule has 4 aromatic rings. The number of carbonyl (C=O) groups is 2. The van der Waals surface area contributed by atoms with E-state index in [1.165, 1.54) is 0 Å². The smallest absolute Gasteiger partial charge is 0.227 e. The van der Waals surface area contributed by atoms with Crippen molar-refractivity contribution >= 4 is 52.2 Å². The highest BCUT2D eigenvalue weighted by Gasteiger charge is 2.26. The minimum absolute atomic E-state index is 0.0210. The molecule has 188 valence electrons. The lowest BCUT2D eigenvalue weighted by Crippen LogP contribution is -2.40. The number of hydrogen-bond acceptors (Lipinski definition) is 3. The highest BCUT2D eigenvalue weighted by atomic mass is 35.5. The molecule has 0 unspecified atom stereocenters. The number of hydrogen-bond donors (Lipinski definition) is 2. The highest BCUT2D eigenvalue weighted by Crippen LogP contribution is 2.29. The van der Waals surface area contributed by atoms with Crippen LogP contribution in [0.5, 0.6) is 11.5 Å². The number of rotatable bonds is 6. The van der Waals surface area contributed by atoms with Gasteiger partial charge in [-0.2, -0.15) is 0 Å². The zero-order valence-electron chi connectivity index (χ0n) is 20.5. The molecule has 1 aliphatic rings. The third-order valence-electron chi connectivity index (χ3n) is 6.66. The van der Waals surface area contributed by atoms with Crippen LogP contribution in [-0.2, 0) is 9.59 Å². The summed E-state index contributed by atoms with van der Waals surface area (Å²) in [6.45, 7) is 2.81. The fraction of sp³-hybridized carbons (Fsp3) is 0.200. The first-order valence-corrected chi connectivity index (χ1v) is 12.7. The van der Waals surface area contributed by atoms with Gasteiger partial charge >= 0.3 is 0 Å². The van der Waals surface area contributed by atoms with E-state index in [0.29, 0.717) is 43.1 Å². The van der Waals surface area contributed by atoms with E-state index in [9.17, 15) is 9.59 Å². The maximum Gasteiger partial charge on any atom is 0.227 e. The number of piperidine rings is 1. The minimum Gasteiger partial charge on any atom is -0.457 e. The minimum atomic E-state index is -0.0987. The molecule has 1 saturated heterocycles. The largest absolute Gasteiger partial charge is 0.457 e. The number of nitrogens with zero attached hydrogens (tertiary/aromatic N) is 1. The Morgan fingerprint density at radius 1 is 1.00 bits per heavy atom. The standard InChI is InChI=1S/C30H28ClN3O3/c1-20(35)34-15-13-22(14-16-34)30(36)33-25-3-2-4-26(17-25)37-27-11-12-28-23(19-32-29(28)18-27)8-5-21-6-9-24(31)10-7-21/h2-12,17-19,22,32H,13-16H2,1H3,(H,33,36). The third kappa shape index (κ3) is 6.04. The Balaban J connectivity index is 1.23. The van der Waals surface area contributed by atoms with Crippen molar-refractivity contribution in [2.24, 2.45) is 5.92 Å². The lowest BCUT2D eigenvalue weighted by molar-refractivity contribution is -0.132. The second kappa shape index (κ2) is 10.9. The summed E-state index contributed by atoms with van der Waals surface area (Å²) in [6.07, 6.45) is 7.44. The maximum absolute atomic E-state index is 12.8. The fourth-order valence-corrected chi connectivity index (χ4v) is 4.69. The van der Waals surface area contributed by atoms with Gasteiger partial charge in [-0.1, -0.05) is 42.0 Å². The molecular weight excluding hydrogens is 486 g/mol. The van der Waals surface area contributed by atoms with Crippen LogP contribution in [-0.4, -0.2) is 34.8 Å². The van der Waals surface area contributed by atoms with E-state index in [2.05, 4.69) is 22.5 Å². The summed E-state index contributed by atoms with van der Waals surface area (Å²) in [5.74, 6) is 1.28. The van der Waals surface area contributed by atoms with Gasteiger partial charge in [-0.3, -0.25) is 9.59 Å². The number of ether oxygens (including phenoxy) is 1. The number of likely N-dealkylation sites (tertiary alicyclic amines) is 1. The molecule has 1 fully saturated rings. The number of fused-ring (bicyclic) bond motifs is 1. The molecule has 2 N–H and O–H groups in total. The Morgan fingerprint density at radius 2 is 1.76 bits per heavy atom. The van der Waals surface area contributed by atoms with Gasteiger partial charge in [0.05, 0.1) is 0 Å². The van der Waals surface area contributed by atoms with Crippen LogP contribution in [0.15, 0.2) is 72.9 Å². The molecule has 0 spiro atoms. The van der Waals surface area contributed by atoms with Gasteiger partial charge in [0.1, 0.15) is 11.5 Å². The number of benzene rings is 3. The van der Waals surface area contributed by atoms with Gasteiger partial charge in [0.2, 0.25) is 11.8 Å². The van der Waals surface area contributed by atoms with E-state index in [1.54, 1.807) is 11.8 Å². The van der Waals surface area contributed by atoms with Crippen LogP contribution < -0.4 is 10.1 Å². The van der Waals surface area contributed by atoms with Crippen LogP contribution >= 0.6 is 11.6 Å². The van der Waals surface area contributed by atoms with Crippen LogP contribution in [0, 0.1) is 5.92 Å². The Labute approximate surface area is 220 Å². The summed E-state index contributed by atoms with van der Waals surface area (Å²) < 4.78 is 6.10. The summed E-state index contributed by atoms with van der Waals surface area (Å²) >= 11 is 5.97. The van der Waals surface area contributed by atoms with E-state index < -0.39 is 0 Å². The number of aromatic nitrogens is 1. The number of halogens is 1. The average Bonchev–Trinajstić information content (AvgIpc) is 3.31. The van der Waals surface area contributed by atoms with E-state index in [-0.39, 0.29) is 17.7 Å². The fourth-order valence-electron chi connectivity index (χ4n) is 4.56. The van der Waals surface area contributed by atoms with Crippen LogP contribution in [0.1, 0.15) is 30.9 Å². The van der Waals surface area contributed by atoms with Gasteiger partial charge in [-0.05, 0) is 60.4 Å². The average molecular weight is 514 g/mol. The van der Waals surface area contributed by atoms with E-state index >= 15 is 0 Å². The van der Waals surface area contributed by atoms with E-state index in [0.717, 1.165) is 27.1 Å². The van der Waals surface area contributed by atoms with Crippen molar-refractivity contribution < 1.29 is 14.3 Å². The maximum atomic E-state index is 12.8. The first-order valence-electron chi connectivity index (χ1n) is 12.3. The summed E-state index contributed by atoms with van der Waals surface area (Å²) in [6, 6.07) is 21.0. The summed E-state index contributed by atoms with van der Waals surface area (Å²) in [4.78, 5) is 29.4. The zero-order valence-corrected chi connectivity index (χ0v) is 21.3. The molecule has 2 amide bonds. The van der Waals surface area contributed by atoms with Crippen LogP contribution in [0.25, 0.3) is 23.1 Å². The van der Waals surface area contributed by atoms with Crippen molar-refractivity contribution in [1.82, 2.24) is 9.88 Å². The first-order chi connectivity index (χ1) is 17.9. The van der Waals surface area contributed by atoms with Crippen molar-refractivity contribution in [2.75, 3.05) is 18.4 Å². The molecule has 0 atom stereocenters. The predicted molar refractivity (Wildman–Crippen MR) is 149 cm³/mol. The van der Waals surface area contributed by atoms with Gasteiger partial charge in [-0.15, -0.1) is 0 Å². The van der Waals surface area contributed by atoms with Crippen molar-refractivity contribution in [3.8, 4) is 11.5 Å². The molecule has 5 rings (SSSR count). The van der Waals surface area contributed by atoms with Crippen molar-refractivity contribution in [1.29, 1.82) is 0 Å². The number of anilines is 1. The molecule has 0 aliphatic carbocycles. The van der Waals surface area contributed by atoms with Crippen molar-refractivity contribution in [3.63, 3.8) is 0 Å². The predicted octanol–water partition coefficient (Wildman–Crippen LogP) is 6.98. The number of amides is 2. The lowest BCUT2D eigenvalue weighted by atomic mass is 9.96. The molecule has 1 aliphatic heterocycles. The third-order valence-corrected chi connectivity index (χ3v) is 6.91.